The van der Waals surface area contributed by atoms with Crippen LogP contribution >= 0.6 is 0 Å². The Kier molecular flexibility index (Phi) is 9.53. The van der Waals surface area contributed by atoms with E-state index in [1.165, 1.54) is 7.11 Å². The Hall–Kier alpha value is -2.86. The number of ether oxygens (including phenoxy) is 1. The second-order valence-electron chi connectivity index (χ2n) is 6.86. The van der Waals surface area contributed by atoms with Gasteiger partial charge >= 0.3 is 6.03 Å². The average molecular weight is 434 g/mol. The minimum Gasteiger partial charge on any atom is -0.383 e. The van der Waals surface area contributed by atoms with Crippen LogP contribution in [0.4, 0.5) is 4.79 Å². The first-order valence-corrected chi connectivity index (χ1v) is 9.78. The van der Waals surface area contributed by atoms with Crippen LogP contribution in [0.1, 0.15) is 29.9 Å². The van der Waals surface area contributed by atoms with E-state index in [0.717, 1.165) is 5.57 Å². The number of aliphatic imine (C=N–C) groups is 1. The number of hydrogen-bond donors (Lipinski definition) is 3. The van der Waals surface area contributed by atoms with Gasteiger partial charge in [0.2, 0.25) is 0 Å². The number of rotatable bonds is 9. The van der Waals surface area contributed by atoms with E-state index in [-0.39, 0.29) is 17.8 Å². The van der Waals surface area contributed by atoms with Gasteiger partial charge in [-0.05, 0) is 31.6 Å². The van der Waals surface area contributed by atoms with Crippen LogP contribution in [-0.2, 0) is 14.4 Å². The molecule has 0 aromatic carbocycles. The van der Waals surface area contributed by atoms with Crippen LogP contribution in [0.5, 0.6) is 0 Å². The molecule has 31 heavy (non-hydrogen) atoms. The van der Waals surface area contributed by atoms with Crippen LogP contribution in [0.25, 0.3) is 0 Å². The van der Waals surface area contributed by atoms with Gasteiger partial charge < -0.3 is 15.4 Å². The Bertz CT molecular complexity index is 824. The first-order chi connectivity index (χ1) is 14.9. The number of nitrogens with zero attached hydrogens (tertiary/aromatic N) is 3. The molecule has 1 atom stereocenters. The molecule has 3 N–H and O–H groups in total. The van der Waals surface area contributed by atoms with E-state index in [1.54, 1.807) is 44.5 Å². The third-order valence-corrected chi connectivity index (χ3v) is 4.67. The number of carbonyl (C=O) groups is 2. The number of methoxy groups -OCH3 is 1. The molecule has 3 amide bonds. The van der Waals surface area contributed by atoms with Gasteiger partial charge in [-0.2, -0.15) is 5.06 Å². The van der Waals surface area contributed by atoms with Crippen molar-refractivity contribution in [2.75, 3.05) is 47.6 Å². The van der Waals surface area contributed by atoms with Gasteiger partial charge in [0.1, 0.15) is 5.69 Å². The van der Waals surface area contributed by atoms with E-state index < -0.39 is 5.91 Å². The molecule has 1 aromatic heterocycles. The molecule has 1 saturated heterocycles. The fourth-order valence-corrected chi connectivity index (χ4v) is 2.97. The van der Waals surface area contributed by atoms with Crippen molar-refractivity contribution in [2.45, 2.75) is 19.9 Å². The number of carbonyl (C=O) groups excluding carboxylic acids is 2. The molecular weight excluding hydrogens is 404 g/mol. The summed E-state index contributed by atoms with van der Waals surface area (Å²) in [6, 6.07) is 2.88. The van der Waals surface area contributed by atoms with Crippen LogP contribution in [0.2, 0.25) is 0 Å². The lowest BCUT2D eigenvalue weighted by Crippen LogP contribution is -2.44. The zero-order chi connectivity index (χ0) is 22.8. The van der Waals surface area contributed by atoms with Crippen molar-refractivity contribution in [1.82, 2.24) is 26.2 Å². The number of hydrogen-bond acceptors (Lipinski definition) is 8. The number of amides is 3. The van der Waals surface area contributed by atoms with Crippen LogP contribution in [0, 0.1) is 0 Å². The SMILES string of the molecule is C/N=C(\C(C)=C(/C)NC(=O)N[C@H]1CON(CCOC)C1)c1ccc(C(=O)NOC)nc1. The molecule has 0 spiro atoms. The topological polar surface area (TPSA) is 126 Å². The molecule has 170 valence electrons. The molecule has 1 aliphatic rings. The first-order valence-electron chi connectivity index (χ1n) is 9.78. The highest BCUT2D eigenvalue weighted by atomic mass is 16.7. The van der Waals surface area contributed by atoms with Gasteiger partial charge in [-0.15, -0.1) is 0 Å². The van der Waals surface area contributed by atoms with Crippen molar-refractivity contribution < 1.29 is 24.0 Å². The third-order valence-electron chi connectivity index (χ3n) is 4.67. The lowest BCUT2D eigenvalue weighted by Gasteiger charge is -2.16. The van der Waals surface area contributed by atoms with Gasteiger partial charge in [-0.1, -0.05) is 0 Å². The first kappa shape index (κ1) is 24.4. The summed E-state index contributed by atoms with van der Waals surface area (Å²) in [4.78, 5) is 42.7. The summed E-state index contributed by atoms with van der Waals surface area (Å²) >= 11 is 0. The molecule has 1 fully saturated rings. The third kappa shape index (κ3) is 7.10. The Morgan fingerprint density at radius 3 is 2.71 bits per heavy atom. The fourth-order valence-electron chi connectivity index (χ4n) is 2.97. The lowest BCUT2D eigenvalue weighted by atomic mass is 10.0. The molecule has 0 unspecified atom stereocenters. The van der Waals surface area contributed by atoms with Crippen molar-refractivity contribution in [2.24, 2.45) is 4.99 Å². The number of nitrogens with one attached hydrogen (secondary N) is 3. The lowest BCUT2D eigenvalue weighted by molar-refractivity contribution is -0.118. The highest BCUT2D eigenvalue weighted by Gasteiger charge is 2.25. The zero-order valence-electron chi connectivity index (χ0n) is 18.5. The van der Waals surface area contributed by atoms with Crippen molar-refractivity contribution in [3.63, 3.8) is 0 Å². The molecule has 1 aromatic rings. The van der Waals surface area contributed by atoms with E-state index in [0.29, 0.717) is 43.3 Å². The van der Waals surface area contributed by atoms with Gasteiger partial charge in [0.05, 0.1) is 32.1 Å². The second-order valence-corrected chi connectivity index (χ2v) is 6.86. The predicted molar refractivity (Wildman–Crippen MR) is 114 cm³/mol. The van der Waals surface area contributed by atoms with Crippen LogP contribution in [0.15, 0.2) is 34.6 Å². The number of hydroxylamine groups is 3. The number of allylic oxidation sites excluding steroid dienone is 2. The molecule has 0 bridgehead atoms. The van der Waals surface area contributed by atoms with E-state index in [9.17, 15) is 9.59 Å². The predicted octanol–water partition coefficient (Wildman–Crippen LogP) is 0.647. The Balaban J connectivity index is 1.98. The number of aromatic nitrogens is 1. The van der Waals surface area contributed by atoms with Crippen LogP contribution < -0.4 is 16.1 Å². The van der Waals surface area contributed by atoms with Crippen molar-refractivity contribution in [1.29, 1.82) is 0 Å². The van der Waals surface area contributed by atoms with Crippen molar-refractivity contribution in [3.8, 4) is 0 Å². The molecule has 11 nitrogen and oxygen atoms in total. The summed E-state index contributed by atoms with van der Waals surface area (Å²) < 4.78 is 5.03. The smallest absolute Gasteiger partial charge is 0.319 e. The zero-order valence-corrected chi connectivity index (χ0v) is 18.5. The molecule has 2 rings (SSSR count). The van der Waals surface area contributed by atoms with Crippen molar-refractivity contribution in [3.05, 3.63) is 40.9 Å². The average Bonchev–Trinajstić information content (AvgIpc) is 3.20. The molecule has 11 heteroatoms. The Morgan fingerprint density at radius 1 is 1.32 bits per heavy atom. The van der Waals surface area contributed by atoms with Gasteiger partial charge in [-0.25, -0.2) is 10.3 Å². The fraction of sp³-hybridized carbons (Fsp3) is 0.500. The van der Waals surface area contributed by atoms with Crippen molar-refractivity contribution >= 4 is 17.6 Å². The van der Waals surface area contributed by atoms with E-state index in [2.05, 4.69) is 30.9 Å². The number of urea groups is 1. The summed E-state index contributed by atoms with van der Waals surface area (Å²) in [6.07, 6.45) is 1.55. The standard InChI is InChI=1S/C20H30N6O5/c1-13(18(21-3)15-6-7-17(22-10-15)19(27)25-30-5)14(2)23-20(28)24-16-11-26(31-12-16)8-9-29-4/h6-7,10,16H,8-9,11-12H2,1-5H3,(H,25,27)(H2,23,24,28)/b14-13+,21-18+/t16-/m1/s1. The molecule has 2 heterocycles. The summed E-state index contributed by atoms with van der Waals surface area (Å²) in [6.45, 7) is 5.86. The molecule has 1 aliphatic heterocycles. The molecule has 0 radical (unpaired) electrons. The summed E-state index contributed by atoms with van der Waals surface area (Å²) in [5, 5.41) is 7.52. The van der Waals surface area contributed by atoms with Crippen LogP contribution in [0.3, 0.4) is 0 Å². The van der Waals surface area contributed by atoms with Gasteiger partial charge in [-0.3, -0.25) is 24.4 Å². The second kappa shape index (κ2) is 12.1. The van der Waals surface area contributed by atoms with E-state index >= 15 is 0 Å². The molecule has 0 aliphatic carbocycles. The van der Waals surface area contributed by atoms with Gasteiger partial charge in [0.25, 0.3) is 5.91 Å². The summed E-state index contributed by atoms with van der Waals surface area (Å²) in [5.41, 5.74) is 5.22. The Labute approximate surface area is 181 Å². The summed E-state index contributed by atoms with van der Waals surface area (Å²) in [5.74, 6) is -0.442. The maximum atomic E-state index is 12.4. The largest absolute Gasteiger partial charge is 0.383 e. The van der Waals surface area contributed by atoms with E-state index in [1.807, 2.05) is 6.92 Å². The highest BCUT2D eigenvalue weighted by molar-refractivity contribution is 6.12. The maximum Gasteiger partial charge on any atom is 0.319 e. The molecular formula is C20H30N6O5. The van der Waals surface area contributed by atoms with Gasteiger partial charge in [0, 0.05) is 44.7 Å². The molecule has 0 saturated carbocycles. The normalized spacial score (nSPS) is 17.8. The monoisotopic (exact) mass is 434 g/mol. The minimum atomic E-state index is -0.442. The quantitative estimate of drug-likeness (QED) is 0.385. The number of pyridine rings is 1. The summed E-state index contributed by atoms with van der Waals surface area (Å²) in [7, 11) is 4.64. The van der Waals surface area contributed by atoms with E-state index in [4.69, 9.17) is 9.57 Å². The van der Waals surface area contributed by atoms with Gasteiger partial charge in [0.15, 0.2) is 0 Å². The highest BCUT2D eigenvalue weighted by Crippen LogP contribution is 2.13. The maximum absolute atomic E-state index is 12.4. The van der Waals surface area contributed by atoms with Crippen LogP contribution in [-0.4, -0.2) is 81.3 Å². The Morgan fingerprint density at radius 2 is 2.10 bits per heavy atom. The minimum absolute atomic E-state index is 0.112.